The Hall–Kier alpha value is -3.19. The lowest BCUT2D eigenvalue weighted by molar-refractivity contribution is -0.121. The van der Waals surface area contributed by atoms with Crippen LogP contribution in [0.4, 0.5) is 10.1 Å². The van der Waals surface area contributed by atoms with Crippen LogP contribution in [0.5, 0.6) is 0 Å². The molecule has 5 nitrogen and oxygen atoms in total. The zero-order valence-corrected chi connectivity index (χ0v) is 14.9. The SMILES string of the molecule is C=CCN1C(=O)/C(=C/c2ccccc2F)SC1=Nc1ccccc1C(=O)O. The molecule has 0 unspecified atom stereocenters. The van der Waals surface area contributed by atoms with E-state index in [1.54, 1.807) is 42.5 Å². The number of carbonyl (C=O) groups excluding carboxylic acids is 1. The molecule has 0 aliphatic carbocycles. The average Bonchev–Trinajstić information content (AvgIpc) is 2.93. The highest BCUT2D eigenvalue weighted by Gasteiger charge is 2.33. The van der Waals surface area contributed by atoms with Crippen molar-refractivity contribution in [1.29, 1.82) is 0 Å². The number of nitrogens with zero attached hydrogens (tertiary/aromatic N) is 2. The molecule has 1 saturated heterocycles. The van der Waals surface area contributed by atoms with E-state index in [0.717, 1.165) is 11.8 Å². The minimum atomic E-state index is -1.11. The molecule has 2 aromatic rings. The highest BCUT2D eigenvalue weighted by Crippen LogP contribution is 2.35. The van der Waals surface area contributed by atoms with E-state index >= 15 is 0 Å². The molecule has 1 fully saturated rings. The summed E-state index contributed by atoms with van der Waals surface area (Å²) in [6, 6.07) is 12.4. The quantitative estimate of drug-likeness (QED) is 0.618. The minimum Gasteiger partial charge on any atom is -0.478 e. The van der Waals surface area contributed by atoms with Gasteiger partial charge < -0.3 is 5.11 Å². The molecular weight excluding hydrogens is 367 g/mol. The first-order valence-electron chi connectivity index (χ1n) is 7.99. The Kier molecular flexibility index (Phi) is 5.52. The largest absolute Gasteiger partial charge is 0.478 e. The van der Waals surface area contributed by atoms with Crippen molar-refractivity contribution in [1.82, 2.24) is 4.90 Å². The molecule has 1 amide bonds. The number of carboxylic acid groups (broad SMARTS) is 1. The number of aromatic carboxylic acids is 1. The van der Waals surface area contributed by atoms with Crippen LogP contribution in [-0.4, -0.2) is 33.6 Å². The van der Waals surface area contributed by atoms with Gasteiger partial charge in [-0.2, -0.15) is 0 Å². The number of aliphatic imine (C=N–C) groups is 1. The first kappa shape index (κ1) is 18.6. The standard InChI is InChI=1S/C20H15FN2O3S/c1-2-11-23-18(24)17(12-13-7-3-5-9-15(13)21)27-20(23)22-16-10-6-4-8-14(16)19(25)26/h2-10,12H,1,11H2,(H,25,26)/b17-12-,22-20?. The fourth-order valence-electron chi connectivity index (χ4n) is 2.47. The Bertz CT molecular complexity index is 985. The molecule has 27 heavy (non-hydrogen) atoms. The van der Waals surface area contributed by atoms with Crippen molar-refractivity contribution in [2.24, 2.45) is 4.99 Å². The van der Waals surface area contributed by atoms with Crippen molar-refractivity contribution in [3.05, 3.63) is 83.0 Å². The van der Waals surface area contributed by atoms with Crippen molar-refractivity contribution in [2.75, 3.05) is 6.54 Å². The van der Waals surface area contributed by atoms with Crippen LogP contribution in [0.15, 0.2) is 71.1 Å². The fourth-order valence-corrected chi connectivity index (χ4v) is 3.46. The van der Waals surface area contributed by atoms with Crippen LogP contribution in [0.2, 0.25) is 0 Å². The van der Waals surface area contributed by atoms with Crippen molar-refractivity contribution in [3.8, 4) is 0 Å². The van der Waals surface area contributed by atoms with Gasteiger partial charge in [-0.3, -0.25) is 9.69 Å². The number of amidine groups is 1. The normalized spacial score (nSPS) is 16.9. The molecule has 3 rings (SSSR count). The van der Waals surface area contributed by atoms with Gasteiger partial charge in [0.05, 0.1) is 16.2 Å². The predicted octanol–water partition coefficient (Wildman–Crippen LogP) is 4.31. The third-order valence-corrected chi connectivity index (χ3v) is 4.75. The van der Waals surface area contributed by atoms with Crippen molar-refractivity contribution >= 4 is 40.6 Å². The van der Waals surface area contributed by atoms with Gasteiger partial charge in [0.25, 0.3) is 5.91 Å². The van der Waals surface area contributed by atoms with E-state index in [1.165, 1.54) is 23.1 Å². The molecule has 2 aromatic carbocycles. The summed E-state index contributed by atoms with van der Waals surface area (Å²) in [7, 11) is 0. The van der Waals surface area contributed by atoms with E-state index in [2.05, 4.69) is 11.6 Å². The first-order chi connectivity index (χ1) is 13.0. The Morgan fingerprint density at radius 3 is 2.63 bits per heavy atom. The van der Waals surface area contributed by atoms with Gasteiger partial charge in [0.2, 0.25) is 0 Å². The van der Waals surface area contributed by atoms with E-state index < -0.39 is 11.8 Å². The molecule has 1 N–H and O–H groups in total. The monoisotopic (exact) mass is 382 g/mol. The average molecular weight is 382 g/mol. The van der Waals surface area contributed by atoms with Crippen molar-refractivity contribution < 1.29 is 19.1 Å². The van der Waals surface area contributed by atoms with Crippen LogP contribution in [0.1, 0.15) is 15.9 Å². The molecule has 0 bridgehead atoms. The van der Waals surface area contributed by atoms with Crippen LogP contribution in [0, 0.1) is 5.82 Å². The predicted molar refractivity (Wildman–Crippen MR) is 104 cm³/mol. The molecular formula is C20H15FN2O3S. The van der Waals surface area contributed by atoms with E-state index in [1.807, 2.05) is 0 Å². The second-order valence-electron chi connectivity index (χ2n) is 5.55. The third-order valence-electron chi connectivity index (χ3n) is 3.74. The second kappa shape index (κ2) is 8.01. The summed E-state index contributed by atoms with van der Waals surface area (Å²) in [4.78, 5) is 30.1. The molecule has 0 saturated carbocycles. The Morgan fingerprint density at radius 1 is 1.22 bits per heavy atom. The van der Waals surface area contributed by atoms with Gasteiger partial charge in [-0.05, 0) is 36.0 Å². The van der Waals surface area contributed by atoms with Crippen LogP contribution in [-0.2, 0) is 4.79 Å². The zero-order valence-electron chi connectivity index (χ0n) is 14.1. The summed E-state index contributed by atoms with van der Waals surface area (Å²) in [6.45, 7) is 3.84. The van der Waals surface area contributed by atoms with Gasteiger partial charge in [0.1, 0.15) is 5.82 Å². The molecule has 0 spiro atoms. The fraction of sp³-hybridized carbons (Fsp3) is 0.0500. The number of halogens is 1. The van der Waals surface area contributed by atoms with Crippen LogP contribution >= 0.6 is 11.8 Å². The zero-order chi connectivity index (χ0) is 19.4. The Labute approximate surface area is 159 Å². The number of carbonyl (C=O) groups is 2. The lowest BCUT2D eigenvalue weighted by atomic mass is 10.2. The molecule has 1 heterocycles. The van der Waals surface area contributed by atoms with Crippen LogP contribution in [0.3, 0.4) is 0 Å². The highest BCUT2D eigenvalue weighted by molar-refractivity contribution is 8.18. The van der Waals surface area contributed by atoms with Crippen molar-refractivity contribution in [3.63, 3.8) is 0 Å². The first-order valence-corrected chi connectivity index (χ1v) is 8.80. The van der Waals surface area contributed by atoms with E-state index in [0.29, 0.717) is 15.6 Å². The molecule has 136 valence electrons. The van der Waals surface area contributed by atoms with Crippen molar-refractivity contribution in [2.45, 2.75) is 0 Å². The summed E-state index contributed by atoms with van der Waals surface area (Å²) in [5.74, 6) is -1.88. The maximum atomic E-state index is 13.9. The number of hydrogen-bond acceptors (Lipinski definition) is 4. The van der Waals surface area contributed by atoms with Gasteiger partial charge in [-0.1, -0.05) is 36.4 Å². The highest BCUT2D eigenvalue weighted by atomic mass is 32.2. The van der Waals surface area contributed by atoms with Gasteiger partial charge in [-0.15, -0.1) is 6.58 Å². The summed E-state index contributed by atoms with van der Waals surface area (Å²) in [5.41, 5.74) is 0.559. The Morgan fingerprint density at radius 2 is 1.93 bits per heavy atom. The van der Waals surface area contributed by atoms with Gasteiger partial charge in [-0.25, -0.2) is 14.2 Å². The number of para-hydroxylation sites is 1. The maximum absolute atomic E-state index is 13.9. The molecule has 7 heteroatoms. The lowest BCUT2D eigenvalue weighted by Gasteiger charge is -2.13. The number of amides is 1. The lowest BCUT2D eigenvalue weighted by Crippen LogP contribution is -2.29. The molecule has 0 radical (unpaired) electrons. The number of carboxylic acids is 1. The van der Waals surface area contributed by atoms with Crippen LogP contribution < -0.4 is 0 Å². The van der Waals surface area contributed by atoms with Crippen LogP contribution in [0.25, 0.3) is 6.08 Å². The number of benzene rings is 2. The second-order valence-corrected chi connectivity index (χ2v) is 6.56. The molecule has 1 aliphatic heterocycles. The third kappa shape index (κ3) is 3.98. The van der Waals surface area contributed by atoms with Gasteiger partial charge in [0, 0.05) is 12.1 Å². The summed E-state index contributed by atoms with van der Waals surface area (Å²) in [6.07, 6.45) is 3.01. The molecule has 0 atom stereocenters. The summed E-state index contributed by atoms with van der Waals surface area (Å²) in [5, 5.41) is 9.63. The van der Waals surface area contributed by atoms with E-state index in [9.17, 15) is 19.1 Å². The minimum absolute atomic E-state index is 0.0307. The molecule has 0 aromatic heterocycles. The number of rotatable bonds is 5. The smallest absolute Gasteiger partial charge is 0.337 e. The number of thioether (sulfide) groups is 1. The van der Waals surface area contributed by atoms with Gasteiger partial charge >= 0.3 is 5.97 Å². The summed E-state index contributed by atoms with van der Waals surface area (Å²) >= 11 is 1.07. The maximum Gasteiger partial charge on any atom is 0.337 e. The summed E-state index contributed by atoms with van der Waals surface area (Å²) < 4.78 is 13.9. The topological polar surface area (TPSA) is 70.0 Å². The van der Waals surface area contributed by atoms with E-state index in [4.69, 9.17) is 0 Å². The number of hydrogen-bond donors (Lipinski definition) is 1. The van der Waals surface area contributed by atoms with Gasteiger partial charge in [0.15, 0.2) is 5.17 Å². The van der Waals surface area contributed by atoms with E-state index in [-0.39, 0.29) is 23.7 Å². The Balaban J connectivity index is 2.03. The molecule has 1 aliphatic rings.